The van der Waals surface area contributed by atoms with Crippen LogP contribution in [-0.2, 0) is 0 Å². The van der Waals surface area contributed by atoms with E-state index in [1.807, 2.05) is 0 Å². The second-order valence-electron chi connectivity index (χ2n) is 1.91. The summed E-state index contributed by atoms with van der Waals surface area (Å²) in [5, 5.41) is 16.7. The van der Waals surface area contributed by atoms with Crippen molar-refractivity contribution in [1.29, 1.82) is 10.5 Å². The van der Waals surface area contributed by atoms with Crippen LogP contribution in [0.5, 0.6) is 0 Å². The molecule has 0 amide bonds. The van der Waals surface area contributed by atoms with Gasteiger partial charge >= 0.3 is 0 Å². The van der Waals surface area contributed by atoms with E-state index in [-0.39, 0.29) is 5.57 Å². The Bertz CT molecular complexity index is 316. The minimum atomic E-state index is 0.104. The van der Waals surface area contributed by atoms with Crippen molar-refractivity contribution in [2.24, 2.45) is 0 Å². The van der Waals surface area contributed by atoms with Crippen molar-refractivity contribution >= 4 is 6.08 Å². The predicted molar refractivity (Wildman–Crippen MR) is 40.0 cm³/mol. The van der Waals surface area contributed by atoms with Crippen molar-refractivity contribution in [2.45, 2.75) is 0 Å². The summed E-state index contributed by atoms with van der Waals surface area (Å²) in [5.74, 6) is 0. The average molecular weight is 143 g/mol. The van der Waals surface area contributed by atoms with Gasteiger partial charge in [-0.15, -0.1) is 0 Å². The number of nitrogens with zero attached hydrogens (tertiary/aromatic N) is 2. The van der Waals surface area contributed by atoms with Gasteiger partial charge in [0.1, 0.15) is 17.7 Å². The molecule has 52 valence electrons. The lowest BCUT2D eigenvalue weighted by molar-refractivity contribution is 1.37. The lowest BCUT2D eigenvalue weighted by Crippen LogP contribution is -1.73. The Morgan fingerprint density at radius 2 is 2.18 bits per heavy atom. The molecule has 1 aromatic rings. The van der Waals surface area contributed by atoms with E-state index in [9.17, 15) is 0 Å². The highest BCUT2D eigenvalue weighted by atomic mass is 14.7. The number of H-pyrrole nitrogens is 1. The van der Waals surface area contributed by atoms with Crippen LogP contribution < -0.4 is 0 Å². The van der Waals surface area contributed by atoms with Crippen LogP contribution in [0.25, 0.3) is 6.08 Å². The van der Waals surface area contributed by atoms with Crippen molar-refractivity contribution in [3.8, 4) is 12.1 Å². The fraction of sp³-hybridized carbons (Fsp3) is 0. The van der Waals surface area contributed by atoms with Gasteiger partial charge in [-0.05, 0) is 18.2 Å². The van der Waals surface area contributed by atoms with Crippen molar-refractivity contribution in [3.63, 3.8) is 0 Å². The molecular weight excluding hydrogens is 138 g/mol. The minimum absolute atomic E-state index is 0.104. The second-order valence-corrected chi connectivity index (χ2v) is 1.91. The number of nitriles is 2. The van der Waals surface area contributed by atoms with Gasteiger partial charge in [-0.25, -0.2) is 0 Å². The molecule has 0 aromatic carbocycles. The lowest BCUT2D eigenvalue weighted by atomic mass is 10.2. The average Bonchev–Trinajstić information content (AvgIpc) is 2.52. The number of hydrogen-bond donors (Lipinski definition) is 1. The molecule has 0 saturated heterocycles. The van der Waals surface area contributed by atoms with E-state index in [4.69, 9.17) is 10.5 Å². The maximum absolute atomic E-state index is 8.37. The van der Waals surface area contributed by atoms with Crippen LogP contribution >= 0.6 is 0 Å². The molecular formula is C8H5N3. The van der Waals surface area contributed by atoms with Crippen molar-refractivity contribution in [1.82, 2.24) is 4.98 Å². The standard InChI is InChI=1S/C8H5N3/c9-5-7(6-10)4-8-2-1-3-11-8/h1-4,11H. The zero-order chi connectivity index (χ0) is 8.10. The van der Waals surface area contributed by atoms with Gasteiger partial charge in [-0.3, -0.25) is 0 Å². The van der Waals surface area contributed by atoms with Gasteiger partial charge < -0.3 is 4.98 Å². The maximum atomic E-state index is 8.37. The van der Waals surface area contributed by atoms with E-state index < -0.39 is 0 Å². The first kappa shape index (κ1) is 7.11. The number of hydrogen-bond acceptors (Lipinski definition) is 2. The van der Waals surface area contributed by atoms with E-state index >= 15 is 0 Å². The van der Waals surface area contributed by atoms with Gasteiger partial charge in [0.25, 0.3) is 0 Å². The normalized spacial score (nSPS) is 7.82. The molecule has 0 aliphatic carbocycles. The molecule has 1 N–H and O–H groups in total. The largest absolute Gasteiger partial charge is 0.362 e. The van der Waals surface area contributed by atoms with Crippen LogP contribution in [0.4, 0.5) is 0 Å². The number of aromatic amines is 1. The molecule has 0 aliphatic heterocycles. The van der Waals surface area contributed by atoms with Crippen LogP contribution in [0.15, 0.2) is 23.9 Å². The number of aromatic nitrogens is 1. The van der Waals surface area contributed by atoms with E-state index in [0.717, 1.165) is 5.69 Å². The Morgan fingerprint density at radius 1 is 1.45 bits per heavy atom. The third kappa shape index (κ3) is 1.70. The van der Waals surface area contributed by atoms with Gasteiger partial charge in [0.2, 0.25) is 0 Å². The Balaban J connectivity index is 2.93. The molecule has 0 fully saturated rings. The molecule has 3 nitrogen and oxygen atoms in total. The monoisotopic (exact) mass is 143 g/mol. The van der Waals surface area contributed by atoms with Crippen molar-refractivity contribution in [3.05, 3.63) is 29.6 Å². The summed E-state index contributed by atoms with van der Waals surface area (Å²) in [6.07, 6.45) is 3.23. The molecule has 0 radical (unpaired) electrons. The van der Waals surface area contributed by atoms with Gasteiger partial charge in [0.05, 0.1) is 0 Å². The third-order valence-corrected chi connectivity index (χ3v) is 1.16. The molecule has 1 rings (SSSR count). The van der Waals surface area contributed by atoms with Crippen LogP contribution in [0.3, 0.4) is 0 Å². The van der Waals surface area contributed by atoms with Crippen molar-refractivity contribution < 1.29 is 0 Å². The molecule has 0 saturated carbocycles. The molecule has 1 heterocycles. The van der Waals surface area contributed by atoms with Gasteiger partial charge in [-0.1, -0.05) is 0 Å². The topological polar surface area (TPSA) is 63.4 Å². The Morgan fingerprint density at radius 3 is 2.64 bits per heavy atom. The highest BCUT2D eigenvalue weighted by molar-refractivity contribution is 5.59. The second kappa shape index (κ2) is 3.24. The van der Waals surface area contributed by atoms with E-state index in [1.54, 1.807) is 30.5 Å². The maximum Gasteiger partial charge on any atom is 0.131 e. The van der Waals surface area contributed by atoms with Crippen LogP contribution in [0.1, 0.15) is 5.69 Å². The summed E-state index contributed by atoms with van der Waals surface area (Å²) >= 11 is 0. The van der Waals surface area contributed by atoms with E-state index in [2.05, 4.69) is 4.98 Å². The SMILES string of the molecule is N#CC(C#N)=Cc1ccc[nH]1. The minimum Gasteiger partial charge on any atom is -0.362 e. The molecule has 11 heavy (non-hydrogen) atoms. The Hall–Kier alpha value is -2.00. The first-order chi connectivity index (χ1) is 5.36. The lowest BCUT2D eigenvalue weighted by Gasteiger charge is -1.81. The number of nitrogens with one attached hydrogen (secondary N) is 1. The molecule has 0 spiro atoms. The highest BCUT2D eigenvalue weighted by Gasteiger charge is 1.91. The third-order valence-electron chi connectivity index (χ3n) is 1.16. The molecule has 0 aliphatic rings. The first-order valence-corrected chi connectivity index (χ1v) is 3.02. The smallest absolute Gasteiger partial charge is 0.131 e. The van der Waals surface area contributed by atoms with Crippen LogP contribution in [-0.4, -0.2) is 4.98 Å². The predicted octanol–water partition coefficient (Wildman–Crippen LogP) is 1.45. The molecule has 0 bridgehead atoms. The quantitative estimate of drug-likeness (QED) is 0.604. The number of allylic oxidation sites excluding steroid dienone is 1. The van der Waals surface area contributed by atoms with Gasteiger partial charge in [-0.2, -0.15) is 10.5 Å². The van der Waals surface area contributed by atoms with Crippen LogP contribution in [0.2, 0.25) is 0 Å². The van der Waals surface area contributed by atoms with E-state index in [0.29, 0.717) is 0 Å². The fourth-order valence-corrected chi connectivity index (χ4v) is 0.679. The summed E-state index contributed by atoms with van der Waals surface area (Å²) in [6.45, 7) is 0. The summed E-state index contributed by atoms with van der Waals surface area (Å²) < 4.78 is 0. The fourth-order valence-electron chi connectivity index (χ4n) is 0.679. The summed E-state index contributed by atoms with van der Waals surface area (Å²) in [5.41, 5.74) is 0.871. The first-order valence-electron chi connectivity index (χ1n) is 3.02. The zero-order valence-corrected chi connectivity index (χ0v) is 5.70. The molecule has 3 heteroatoms. The summed E-state index contributed by atoms with van der Waals surface area (Å²) in [7, 11) is 0. The molecule has 0 atom stereocenters. The Kier molecular flexibility index (Phi) is 2.09. The summed E-state index contributed by atoms with van der Waals surface area (Å²) in [6, 6.07) is 7.13. The Labute approximate surface area is 64.2 Å². The molecule has 1 aromatic heterocycles. The number of rotatable bonds is 1. The van der Waals surface area contributed by atoms with Gasteiger partial charge in [0.15, 0.2) is 0 Å². The van der Waals surface area contributed by atoms with Crippen LogP contribution in [0, 0.1) is 22.7 Å². The van der Waals surface area contributed by atoms with Crippen molar-refractivity contribution in [2.75, 3.05) is 0 Å². The molecule has 0 unspecified atom stereocenters. The zero-order valence-electron chi connectivity index (χ0n) is 5.70. The van der Waals surface area contributed by atoms with Gasteiger partial charge in [0, 0.05) is 11.9 Å². The highest BCUT2D eigenvalue weighted by Crippen LogP contribution is 2.01. The van der Waals surface area contributed by atoms with E-state index in [1.165, 1.54) is 6.08 Å². The summed E-state index contributed by atoms with van der Waals surface area (Å²) in [4.78, 5) is 2.86.